The molecular weight excluding hydrogens is 328 g/mol. The normalized spacial score (nSPS) is 28.0. The van der Waals surface area contributed by atoms with Crippen LogP contribution in [-0.2, 0) is 10.5 Å². The fourth-order valence-corrected chi connectivity index (χ4v) is 6.12. The van der Waals surface area contributed by atoms with Crippen molar-refractivity contribution in [1.82, 2.24) is 0 Å². The molecule has 0 amide bonds. The number of hydrogen-bond donors (Lipinski definition) is 1. The number of fused-ring (bicyclic) bond motifs is 2. The van der Waals surface area contributed by atoms with Gasteiger partial charge in [0.2, 0.25) is 0 Å². The lowest BCUT2D eigenvalue weighted by molar-refractivity contribution is -0.137. The first-order valence-corrected chi connectivity index (χ1v) is 10.9. The van der Waals surface area contributed by atoms with E-state index >= 15 is 0 Å². The summed E-state index contributed by atoms with van der Waals surface area (Å²) in [5.41, 5.74) is 1.44. The number of allylic oxidation sites excluding steroid dienone is 2. The zero-order valence-corrected chi connectivity index (χ0v) is 15.8. The van der Waals surface area contributed by atoms with Crippen LogP contribution in [0.1, 0.15) is 50.5 Å². The molecule has 0 heterocycles. The van der Waals surface area contributed by atoms with Crippen LogP contribution in [0.4, 0.5) is 0 Å². The van der Waals surface area contributed by atoms with Crippen molar-refractivity contribution in [1.29, 1.82) is 0 Å². The van der Waals surface area contributed by atoms with Gasteiger partial charge in [-0.25, -0.2) is 0 Å². The van der Waals surface area contributed by atoms with E-state index in [2.05, 4.69) is 54.2 Å². The molecule has 1 N–H and O–H groups in total. The first kappa shape index (κ1) is 18.6. The number of unbranched alkanes of at least 4 members (excludes halogenated alkanes) is 1. The molecule has 2 saturated carbocycles. The van der Waals surface area contributed by atoms with Crippen LogP contribution >= 0.6 is 11.8 Å². The SMILES string of the molecule is O=C(O)CCCC=CC[C@H]1[C@H]2CC[C@H](C2)[C@H]1CSCc1ccccc1. The standard InChI is InChI=1S/C22H30O2S/c23-22(24)11-7-2-1-6-10-20-18-12-13-19(14-18)21(20)16-25-15-17-8-4-3-5-9-17/h1,3-6,8-9,18-21H,2,7,10-16H2,(H,23,24)/t18-,19+,20-,21+/m0/s1. The Balaban J connectivity index is 1.43. The summed E-state index contributed by atoms with van der Waals surface area (Å²) in [6, 6.07) is 10.8. The third-order valence-corrected chi connectivity index (χ3v) is 7.19. The Hall–Kier alpha value is -1.22. The Kier molecular flexibility index (Phi) is 7.03. The highest BCUT2D eigenvalue weighted by atomic mass is 32.2. The second-order valence-electron chi connectivity index (χ2n) is 7.65. The summed E-state index contributed by atoms with van der Waals surface area (Å²) in [5, 5.41) is 8.69. The summed E-state index contributed by atoms with van der Waals surface area (Å²) in [4.78, 5) is 10.5. The lowest BCUT2D eigenvalue weighted by atomic mass is 9.78. The fraction of sp³-hybridized carbons (Fsp3) is 0.591. The van der Waals surface area contributed by atoms with Crippen molar-refractivity contribution >= 4 is 17.7 Å². The molecule has 2 aliphatic carbocycles. The Morgan fingerprint density at radius 3 is 2.64 bits per heavy atom. The second kappa shape index (κ2) is 9.47. The lowest BCUT2D eigenvalue weighted by Gasteiger charge is -2.30. The van der Waals surface area contributed by atoms with Crippen LogP contribution < -0.4 is 0 Å². The zero-order valence-electron chi connectivity index (χ0n) is 15.0. The van der Waals surface area contributed by atoms with Crippen molar-refractivity contribution < 1.29 is 9.90 Å². The van der Waals surface area contributed by atoms with Gasteiger partial charge in [0.1, 0.15) is 0 Å². The Bertz CT molecular complexity index is 569. The van der Waals surface area contributed by atoms with Gasteiger partial charge in [0.15, 0.2) is 0 Å². The van der Waals surface area contributed by atoms with Crippen molar-refractivity contribution in [2.45, 2.75) is 50.7 Å². The van der Waals surface area contributed by atoms with E-state index < -0.39 is 5.97 Å². The van der Waals surface area contributed by atoms with Gasteiger partial charge in [-0.05, 0) is 73.5 Å². The molecule has 2 fully saturated rings. The molecule has 2 aliphatic rings. The van der Waals surface area contributed by atoms with Crippen LogP contribution in [0.2, 0.25) is 0 Å². The third-order valence-electron chi connectivity index (χ3n) is 6.03. The molecule has 0 radical (unpaired) electrons. The highest BCUT2D eigenvalue weighted by molar-refractivity contribution is 7.98. The van der Waals surface area contributed by atoms with Crippen LogP contribution in [-0.4, -0.2) is 16.8 Å². The first-order chi connectivity index (χ1) is 12.2. The fourth-order valence-electron chi connectivity index (χ4n) is 4.79. The van der Waals surface area contributed by atoms with E-state index in [0.717, 1.165) is 42.3 Å². The predicted molar refractivity (Wildman–Crippen MR) is 106 cm³/mol. The molecule has 0 aliphatic heterocycles. The minimum atomic E-state index is -0.683. The van der Waals surface area contributed by atoms with Gasteiger partial charge in [-0.2, -0.15) is 11.8 Å². The molecule has 1 aromatic rings. The number of benzene rings is 1. The topological polar surface area (TPSA) is 37.3 Å². The van der Waals surface area contributed by atoms with E-state index in [-0.39, 0.29) is 6.42 Å². The smallest absolute Gasteiger partial charge is 0.303 e. The summed E-state index contributed by atoms with van der Waals surface area (Å²) in [5.74, 6) is 5.39. The van der Waals surface area contributed by atoms with Crippen LogP contribution in [0.15, 0.2) is 42.5 Å². The van der Waals surface area contributed by atoms with E-state index in [1.165, 1.54) is 37.0 Å². The van der Waals surface area contributed by atoms with E-state index in [0.29, 0.717) is 0 Å². The largest absolute Gasteiger partial charge is 0.481 e. The van der Waals surface area contributed by atoms with Crippen LogP contribution in [0.3, 0.4) is 0 Å². The van der Waals surface area contributed by atoms with E-state index in [1.807, 2.05) is 0 Å². The van der Waals surface area contributed by atoms with Gasteiger partial charge in [-0.1, -0.05) is 42.5 Å². The summed E-state index contributed by atoms with van der Waals surface area (Å²) in [7, 11) is 0. The molecule has 3 rings (SSSR count). The zero-order chi connectivity index (χ0) is 17.5. The van der Waals surface area contributed by atoms with Crippen LogP contribution in [0.5, 0.6) is 0 Å². The Morgan fingerprint density at radius 1 is 1.12 bits per heavy atom. The van der Waals surface area contributed by atoms with Crippen molar-refractivity contribution in [2.24, 2.45) is 23.7 Å². The monoisotopic (exact) mass is 358 g/mol. The first-order valence-electron chi connectivity index (χ1n) is 9.72. The van der Waals surface area contributed by atoms with Gasteiger partial charge >= 0.3 is 5.97 Å². The van der Waals surface area contributed by atoms with Gasteiger partial charge in [-0.3, -0.25) is 4.79 Å². The Morgan fingerprint density at radius 2 is 1.88 bits per heavy atom. The molecule has 3 heteroatoms. The van der Waals surface area contributed by atoms with Gasteiger partial charge < -0.3 is 5.11 Å². The number of thioether (sulfide) groups is 1. The van der Waals surface area contributed by atoms with Gasteiger partial charge in [-0.15, -0.1) is 0 Å². The molecule has 25 heavy (non-hydrogen) atoms. The number of hydrogen-bond acceptors (Lipinski definition) is 2. The summed E-state index contributed by atoms with van der Waals surface area (Å²) >= 11 is 2.11. The van der Waals surface area contributed by atoms with Crippen LogP contribution in [0, 0.1) is 23.7 Å². The van der Waals surface area contributed by atoms with Crippen molar-refractivity contribution in [3.8, 4) is 0 Å². The summed E-state index contributed by atoms with van der Waals surface area (Å²) < 4.78 is 0. The molecule has 1 aromatic carbocycles. The maximum Gasteiger partial charge on any atom is 0.303 e. The van der Waals surface area contributed by atoms with Crippen molar-refractivity contribution in [2.75, 3.05) is 5.75 Å². The highest BCUT2D eigenvalue weighted by Gasteiger charge is 2.46. The Labute approximate surface area is 156 Å². The number of carboxylic acids is 1. The average Bonchev–Trinajstić information content (AvgIpc) is 3.21. The maximum atomic E-state index is 10.5. The minimum Gasteiger partial charge on any atom is -0.481 e. The van der Waals surface area contributed by atoms with E-state index in [4.69, 9.17) is 5.11 Å². The average molecular weight is 359 g/mol. The number of aliphatic carboxylic acids is 1. The molecule has 136 valence electrons. The molecule has 4 atom stereocenters. The van der Waals surface area contributed by atoms with E-state index in [1.54, 1.807) is 0 Å². The van der Waals surface area contributed by atoms with Gasteiger partial charge in [0, 0.05) is 12.2 Å². The molecular formula is C22H30O2S. The number of carbonyl (C=O) groups is 1. The second-order valence-corrected chi connectivity index (χ2v) is 8.68. The predicted octanol–water partition coefficient (Wildman–Crippen LogP) is 5.78. The number of carboxylic acid groups (broad SMARTS) is 1. The summed E-state index contributed by atoms with van der Waals surface area (Å²) in [6.07, 6.45) is 12.0. The van der Waals surface area contributed by atoms with Gasteiger partial charge in [0.25, 0.3) is 0 Å². The maximum absolute atomic E-state index is 10.5. The molecule has 0 aromatic heterocycles. The van der Waals surface area contributed by atoms with Crippen LogP contribution in [0.25, 0.3) is 0 Å². The van der Waals surface area contributed by atoms with Crippen molar-refractivity contribution in [3.63, 3.8) is 0 Å². The minimum absolute atomic E-state index is 0.289. The molecule has 2 bridgehead atoms. The van der Waals surface area contributed by atoms with Gasteiger partial charge in [0.05, 0.1) is 0 Å². The molecule has 0 spiro atoms. The quantitative estimate of drug-likeness (QED) is 0.425. The number of rotatable bonds is 10. The molecule has 0 saturated heterocycles. The lowest BCUT2D eigenvalue weighted by Crippen LogP contribution is -2.24. The summed E-state index contributed by atoms with van der Waals surface area (Å²) in [6.45, 7) is 0. The van der Waals surface area contributed by atoms with Crippen molar-refractivity contribution in [3.05, 3.63) is 48.0 Å². The molecule has 0 unspecified atom stereocenters. The third kappa shape index (κ3) is 5.37. The highest BCUT2D eigenvalue weighted by Crippen LogP contribution is 2.54. The van der Waals surface area contributed by atoms with E-state index in [9.17, 15) is 4.79 Å². The molecule has 2 nitrogen and oxygen atoms in total.